The number of hydrogen-bond donors (Lipinski definition) is 1. The van der Waals surface area contributed by atoms with Crippen LogP contribution in [-0.4, -0.2) is 28.3 Å². The van der Waals surface area contributed by atoms with E-state index in [1.54, 1.807) is 19.4 Å². The number of anilines is 1. The normalized spacial score (nSPS) is 10.7. The number of aromatic nitrogens is 3. The zero-order valence-corrected chi connectivity index (χ0v) is 10.5. The Hall–Kier alpha value is -1.88. The molecule has 0 amide bonds. The highest BCUT2D eigenvalue weighted by molar-refractivity contribution is 5.58. The molecule has 0 fully saturated rings. The molecule has 2 N–H and O–H groups in total. The summed E-state index contributed by atoms with van der Waals surface area (Å²) in [5.41, 5.74) is 7.69. The molecule has 18 heavy (non-hydrogen) atoms. The minimum atomic E-state index is 0.532. The molecule has 0 atom stereocenters. The van der Waals surface area contributed by atoms with Crippen molar-refractivity contribution >= 4 is 5.82 Å². The summed E-state index contributed by atoms with van der Waals surface area (Å²) in [7, 11) is 1.72. The van der Waals surface area contributed by atoms with E-state index in [-0.39, 0.29) is 0 Å². The highest BCUT2D eigenvalue weighted by atomic mass is 16.5. The first-order valence-corrected chi connectivity index (χ1v) is 6.02. The van der Waals surface area contributed by atoms with E-state index in [1.807, 2.05) is 18.6 Å². The summed E-state index contributed by atoms with van der Waals surface area (Å²) < 4.78 is 7.17. The van der Waals surface area contributed by atoms with Gasteiger partial charge in [-0.1, -0.05) is 0 Å². The van der Waals surface area contributed by atoms with Gasteiger partial charge in [0.15, 0.2) is 0 Å². The van der Waals surface area contributed by atoms with Crippen molar-refractivity contribution in [1.82, 2.24) is 14.5 Å². The Morgan fingerprint density at radius 1 is 1.28 bits per heavy atom. The van der Waals surface area contributed by atoms with Crippen LogP contribution in [0.4, 0.5) is 5.82 Å². The molecule has 0 saturated heterocycles. The maximum atomic E-state index is 5.58. The third-order valence-electron chi connectivity index (χ3n) is 2.79. The molecule has 0 unspecified atom stereocenters. The monoisotopic (exact) mass is 246 g/mol. The SMILES string of the molecule is COCCCCn1cncc1-c1ccc(N)nc1. The Kier molecular flexibility index (Phi) is 4.30. The van der Waals surface area contributed by atoms with Gasteiger partial charge in [-0.2, -0.15) is 0 Å². The fraction of sp³-hybridized carbons (Fsp3) is 0.385. The van der Waals surface area contributed by atoms with E-state index in [2.05, 4.69) is 14.5 Å². The molecule has 0 aliphatic rings. The predicted molar refractivity (Wildman–Crippen MR) is 71.0 cm³/mol. The van der Waals surface area contributed by atoms with Crippen LogP contribution < -0.4 is 5.73 Å². The van der Waals surface area contributed by atoms with Crippen LogP contribution in [0.3, 0.4) is 0 Å². The van der Waals surface area contributed by atoms with E-state index in [0.29, 0.717) is 5.82 Å². The number of ether oxygens (including phenoxy) is 1. The van der Waals surface area contributed by atoms with Gasteiger partial charge in [0.05, 0.1) is 18.2 Å². The average molecular weight is 246 g/mol. The summed E-state index contributed by atoms with van der Waals surface area (Å²) in [5, 5.41) is 0. The Labute approximate surface area is 107 Å². The lowest BCUT2D eigenvalue weighted by molar-refractivity contribution is 0.191. The first-order chi connectivity index (χ1) is 8.81. The lowest BCUT2D eigenvalue weighted by atomic mass is 10.2. The second-order valence-corrected chi connectivity index (χ2v) is 4.14. The maximum absolute atomic E-state index is 5.58. The van der Waals surface area contributed by atoms with Crippen LogP contribution in [0.5, 0.6) is 0 Å². The Morgan fingerprint density at radius 3 is 2.89 bits per heavy atom. The number of nitrogen functional groups attached to an aromatic ring is 1. The Balaban J connectivity index is 2.05. The van der Waals surface area contributed by atoms with E-state index >= 15 is 0 Å². The lowest BCUT2D eigenvalue weighted by Crippen LogP contribution is -2.01. The fourth-order valence-corrected chi connectivity index (χ4v) is 1.82. The average Bonchev–Trinajstić information content (AvgIpc) is 2.84. The van der Waals surface area contributed by atoms with Gasteiger partial charge in [0.2, 0.25) is 0 Å². The Bertz CT molecular complexity index is 478. The standard InChI is InChI=1S/C13H18N4O/c1-18-7-3-2-6-17-10-15-9-12(17)11-4-5-13(14)16-8-11/h4-5,8-10H,2-3,6-7H2,1H3,(H2,14,16). The van der Waals surface area contributed by atoms with Crippen molar-refractivity contribution in [3.05, 3.63) is 30.9 Å². The first-order valence-electron chi connectivity index (χ1n) is 6.02. The van der Waals surface area contributed by atoms with Crippen LogP contribution in [-0.2, 0) is 11.3 Å². The summed E-state index contributed by atoms with van der Waals surface area (Å²) in [5.74, 6) is 0.532. The number of imidazole rings is 1. The molecule has 0 aliphatic heterocycles. The van der Waals surface area contributed by atoms with Gasteiger partial charge < -0.3 is 15.0 Å². The topological polar surface area (TPSA) is 66.0 Å². The number of rotatable bonds is 6. The highest BCUT2D eigenvalue weighted by Gasteiger charge is 2.05. The molecule has 2 rings (SSSR count). The molecule has 2 aromatic heterocycles. The van der Waals surface area contributed by atoms with Crippen molar-refractivity contribution in [3.8, 4) is 11.3 Å². The van der Waals surface area contributed by atoms with Crippen LogP contribution in [0.1, 0.15) is 12.8 Å². The van der Waals surface area contributed by atoms with E-state index in [9.17, 15) is 0 Å². The first kappa shape index (κ1) is 12.6. The minimum Gasteiger partial charge on any atom is -0.385 e. The third kappa shape index (κ3) is 3.07. The second kappa shape index (κ2) is 6.16. The van der Waals surface area contributed by atoms with Crippen LogP contribution in [0, 0.1) is 0 Å². The van der Waals surface area contributed by atoms with E-state index in [0.717, 1.165) is 37.3 Å². The smallest absolute Gasteiger partial charge is 0.123 e. The van der Waals surface area contributed by atoms with Crippen molar-refractivity contribution in [1.29, 1.82) is 0 Å². The fourth-order valence-electron chi connectivity index (χ4n) is 1.82. The predicted octanol–water partition coefficient (Wildman–Crippen LogP) is 1.95. The number of pyridine rings is 1. The third-order valence-corrected chi connectivity index (χ3v) is 2.79. The zero-order valence-electron chi connectivity index (χ0n) is 10.5. The second-order valence-electron chi connectivity index (χ2n) is 4.14. The van der Waals surface area contributed by atoms with Crippen LogP contribution in [0.15, 0.2) is 30.9 Å². The number of methoxy groups -OCH3 is 1. The van der Waals surface area contributed by atoms with Crippen molar-refractivity contribution in [2.24, 2.45) is 0 Å². The molecule has 0 aromatic carbocycles. The molecule has 5 nitrogen and oxygen atoms in total. The minimum absolute atomic E-state index is 0.532. The summed E-state index contributed by atoms with van der Waals surface area (Å²) >= 11 is 0. The molecular weight excluding hydrogens is 228 g/mol. The molecular formula is C13H18N4O. The van der Waals surface area contributed by atoms with Gasteiger partial charge in [-0.25, -0.2) is 9.97 Å². The molecule has 0 spiro atoms. The van der Waals surface area contributed by atoms with Gasteiger partial charge in [-0.15, -0.1) is 0 Å². The van der Waals surface area contributed by atoms with Gasteiger partial charge in [0, 0.05) is 32.0 Å². The number of hydrogen-bond acceptors (Lipinski definition) is 4. The highest BCUT2D eigenvalue weighted by Crippen LogP contribution is 2.19. The van der Waals surface area contributed by atoms with Gasteiger partial charge in [0.25, 0.3) is 0 Å². The molecule has 2 heterocycles. The van der Waals surface area contributed by atoms with Crippen LogP contribution in [0.25, 0.3) is 11.3 Å². The van der Waals surface area contributed by atoms with E-state index in [1.165, 1.54) is 0 Å². The van der Waals surface area contributed by atoms with Crippen molar-refractivity contribution in [2.75, 3.05) is 19.5 Å². The van der Waals surface area contributed by atoms with E-state index < -0.39 is 0 Å². The molecule has 0 radical (unpaired) electrons. The maximum Gasteiger partial charge on any atom is 0.123 e. The van der Waals surface area contributed by atoms with Gasteiger partial charge in [0.1, 0.15) is 5.82 Å². The molecule has 5 heteroatoms. The molecule has 0 saturated carbocycles. The summed E-state index contributed by atoms with van der Waals surface area (Å²) in [6.07, 6.45) is 7.59. The molecule has 0 aliphatic carbocycles. The number of nitrogens with two attached hydrogens (primary N) is 1. The number of nitrogens with zero attached hydrogens (tertiary/aromatic N) is 3. The summed E-state index contributed by atoms with van der Waals surface area (Å²) in [6, 6.07) is 3.77. The van der Waals surface area contributed by atoms with Gasteiger partial charge in [-0.05, 0) is 25.0 Å². The number of aryl methyl sites for hydroxylation is 1. The molecule has 2 aromatic rings. The number of unbranched alkanes of at least 4 members (excludes halogenated alkanes) is 1. The van der Waals surface area contributed by atoms with Gasteiger partial charge >= 0.3 is 0 Å². The molecule has 0 bridgehead atoms. The van der Waals surface area contributed by atoms with E-state index in [4.69, 9.17) is 10.5 Å². The lowest BCUT2D eigenvalue weighted by Gasteiger charge is -2.08. The van der Waals surface area contributed by atoms with Crippen molar-refractivity contribution < 1.29 is 4.74 Å². The quantitative estimate of drug-likeness (QED) is 0.791. The summed E-state index contributed by atoms with van der Waals surface area (Å²) in [4.78, 5) is 8.30. The largest absolute Gasteiger partial charge is 0.385 e. The van der Waals surface area contributed by atoms with Crippen molar-refractivity contribution in [2.45, 2.75) is 19.4 Å². The Morgan fingerprint density at radius 2 is 2.17 bits per heavy atom. The van der Waals surface area contributed by atoms with Crippen molar-refractivity contribution in [3.63, 3.8) is 0 Å². The zero-order chi connectivity index (χ0) is 12.8. The summed E-state index contributed by atoms with van der Waals surface area (Å²) in [6.45, 7) is 1.73. The van der Waals surface area contributed by atoms with Crippen LogP contribution in [0.2, 0.25) is 0 Å². The van der Waals surface area contributed by atoms with Gasteiger partial charge in [-0.3, -0.25) is 0 Å². The molecule has 96 valence electrons. The van der Waals surface area contributed by atoms with Crippen LogP contribution >= 0.6 is 0 Å².